The maximum Gasteiger partial charge on any atom is 0.250 e. The number of hydrogen-bond donors (Lipinski definition) is 1. The lowest BCUT2D eigenvalue weighted by Gasteiger charge is -2.11. The summed E-state index contributed by atoms with van der Waals surface area (Å²) < 4.78 is 12.1. The van der Waals surface area contributed by atoms with Crippen molar-refractivity contribution in [3.8, 4) is 22.6 Å². The quantitative estimate of drug-likeness (QED) is 0.897. The molecule has 0 aliphatic rings. The van der Waals surface area contributed by atoms with E-state index in [2.05, 4.69) is 0 Å². The molecule has 0 spiro atoms. The van der Waals surface area contributed by atoms with Crippen molar-refractivity contribution < 1.29 is 9.47 Å². The molecule has 2 rings (SSSR count). The van der Waals surface area contributed by atoms with E-state index in [9.17, 15) is 4.79 Å². The smallest absolute Gasteiger partial charge is 0.250 e. The minimum absolute atomic E-state index is 0.0559. The third kappa shape index (κ3) is 2.83. The van der Waals surface area contributed by atoms with Crippen LogP contribution in [0.2, 0.25) is 0 Å². The molecule has 0 atom stereocenters. The molecular weight excluding hydrogens is 256 g/mol. The molecule has 0 bridgehead atoms. The Labute approximate surface area is 117 Å². The van der Waals surface area contributed by atoms with E-state index in [0.717, 1.165) is 11.1 Å². The van der Waals surface area contributed by atoms with Gasteiger partial charge in [-0.3, -0.25) is 4.79 Å². The van der Waals surface area contributed by atoms with E-state index in [4.69, 9.17) is 15.2 Å². The fraction of sp³-hybridized carbons (Fsp3) is 0.267. The predicted octanol–water partition coefficient (Wildman–Crippen LogP) is 1.49. The summed E-state index contributed by atoms with van der Waals surface area (Å²) in [7, 11) is 3.19. The summed E-state index contributed by atoms with van der Waals surface area (Å²) >= 11 is 0. The first kappa shape index (κ1) is 14.1. The third-order valence-electron chi connectivity index (χ3n) is 3.07. The highest BCUT2D eigenvalue weighted by molar-refractivity contribution is 5.66. The Balaban J connectivity index is 2.46. The van der Waals surface area contributed by atoms with Crippen LogP contribution in [0.1, 0.15) is 0 Å². The summed E-state index contributed by atoms with van der Waals surface area (Å²) in [6, 6.07) is 8.98. The number of rotatable bonds is 5. The van der Waals surface area contributed by atoms with Gasteiger partial charge in [0, 0.05) is 25.4 Å². The lowest BCUT2D eigenvalue weighted by molar-refractivity contribution is 0.355. The van der Waals surface area contributed by atoms with Gasteiger partial charge in [0.2, 0.25) is 0 Å². The molecule has 0 saturated carbocycles. The Morgan fingerprint density at radius 2 is 1.75 bits per heavy atom. The molecule has 0 amide bonds. The van der Waals surface area contributed by atoms with E-state index in [1.165, 1.54) is 0 Å². The lowest BCUT2D eigenvalue weighted by atomic mass is 10.1. The summed E-state index contributed by atoms with van der Waals surface area (Å²) in [5.41, 5.74) is 7.33. The van der Waals surface area contributed by atoms with Gasteiger partial charge >= 0.3 is 0 Å². The molecule has 5 nitrogen and oxygen atoms in total. The van der Waals surface area contributed by atoms with Crippen molar-refractivity contribution >= 4 is 0 Å². The van der Waals surface area contributed by atoms with E-state index in [0.29, 0.717) is 24.6 Å². The molecule has 0 aliphatic carbocycles. The van der Waals surface area contributed by atoms with Gasteiger partial charge in [-0.2, -0.15) is 0 Å². The average molecular weight is 274 g/mol. The molecule has 20 heavy (non-hydrogen) atoms. The summed E-state index contributed by atoms with van der Waals surface area (Å²) in [6.07, 6.45) is 1.80. The van der Waals surface area contributed by atoms with Gasteiger partial charge < -0.3 is 19.8 Å². The molecule has 2 aromatic rings. The summed E-state index contributed by atoms with van der Waals surface area (Å²) in [4.78, 5) is 11.7. The minimum atomic E-state index is -0.0559. The highest BCUT2D eigenvalue weighted by Crippen LogP contribution is 2.31. The van der Waals surface area contributed by atoms with Gasteiger partial charge in [-0.05, 0) is 29.3 Å². The molecule has 2 N–H and O–H groups in total. The first-order chi connectivity index (χ1) is 9.69. The molecular formula is C15H18N2O3. The van der Waals surface area contributed by atoms with Crippen molar-refractivity contribution in [2.24, 2.45) is 5.73 Å². The summed E-state index contributed by atoms with van der Waals surface area (Å²) in [5.74, 6) is 1.33. The van der Waals surface area contributed by atoms with Crippen molar-refractivity contribution in [2.45, 2.75) is 6.54 Å². The van der Waals surface area contributed by atoms with E-state index in [1.807, 2.05) is 18.2 Å². The zero-order chi connectivity index (χ0) is 14.5. The molecule has 1 heterocycles. The second-order valence-corrected chi connectivity index (χ2v) is 4.31. The zero-order valence-corrected chi connectivity index (χ0v) is 11.6. The van der Waals surface area contributed by atoms with Crippen LogP contribution in [-0.2, 0) is 6.54 Å². The van der Waals surface area contributed by atoms with Crippen molar-refractivity contribution in [1.82, 2.24) is 4.57 Å². The SMILES string of the molecule is COc1ccc(-c2ccc(=O)n(CCN)c2)cc1OC. The largest absolute Gasteiger partial charge is 0.493 e. The number of nitrogens with two attached hydrogens (primary N) is 1. The standard InChI is InChI=1S/C15H18N2O3/c1-19-13-5-3-11(9-14(13)20-2)12-4-6-15(18)17(10-12)8-7-16/h3-6,9-10H,7-8,16H2,1-2H3. The molecule has 0 aliphatic heterocycles. The molecule has 0 radical (unpaired) electrons. The Kier molecular flexibility index (Phi) is 4.42. The third-order valence-corrected chi connectivity index (χ3v) is 3.07. The Hall–Kier alpha value is -2.27. The van der Waals surface area contributed by atoms with Crippen LogP contribution in [-0.4, -0.2) is 25.3 Å². The molecule has 1 aromatic carbocycles. The maximum atomic E-state index is 11.7. The summed E-state index contributed by atoms with van der Waals surface area (Å²) in [6.45, 7) is 0.926. The van der Waals surface area contributed by atoms with Gasteiger partial charge in [0.05, 0.1) is 14.2 Å². The van der Waals surface area contributed by atoms with Gasteiger partial charge in [0.1, 0.15) is 0 Å². The molecule has 106 valence electrons. The van der Waals surface area contributed by atoms with E-state index >= 15 is 0 Å². The average Bonchev–Trinajstić information content (AvgIpc) is 2.49. The van der Waals surface area contributed by atoms with Crippen LogP contribution in [0.3, 0.4) is 0 Å². The fourth-order valence-corrected chi connectivity index (χ4v) is 2.03. The van der Waals surface area contributed by atoms with Crippen LogP contribution in [0, 0.1) is 0 Å². The zero-order valence-electron chi connectivity index (χ0n) is 11.6. The van der Waals surface area contributed by atoms with E-state index < -0.39 is 0 Å². The van der Waals surface area contributed by atoms with Gasteiger partial charge in [-0.1, -0.05) is 6.07 Å². The van der Waals surface area contributed by atoms with Gasteiger partial charge in [0.25, 0.3) is 5.56 Å². The van der Waals surface area contributed by atoms with Crippen LogP contribution in [0.4, 0.5) is 0 Å². The number of pyridine rings is 1. The predicted molar refractivity (Wildman–Crippen MR) is 78.3 cm³/mol. The minimum Gasteiger partial charge on any atom is -0.493 e. The normalized spacial score (nSPS) is 10.3. The number of methoxy groups -OCH3 is 2. The first-order valence-corrected chi connectivity index (χ1v) is 6.32. The van der Waals surface area contributed by atoms with Gasteiger partial charge in [0.15, 0.2) is 11.5 Å². The highest BCUT2D eigenvalue weighted by Gasteiger charge is 2.07. The second kappa shape index (κ2) is 6.25. The van der Waals surface area contributed by atoms with Crippen molar-refractivity contribution in [2.75, 3.05) is 20.8 Å². The van der Waals surface area contributed by atoms with Crippen LogP contribution in [0.25, 0.3) is 11.1 Å². The van der Waals surface area contributed by atoms with E-state index in [-0.39, 0.29) is 5.56 Å². The molecule has 0 fully saturated rings. The van der Waals surface area contributed by atoms with Crippen molar-refractivity contribution in [1.29, 1.82) is 0 Å². The van der Waals surface area contributed by atoms with Gasteiger partial charge in [-0.25, -0.2) is 0 Å². The number of benzene rings is 1. The molecule has 0 unspecified atom stereocenters. The lowest BCUT2D eigenvalue weighted by Crippen LogP contribution is -2.22. The maximum absolute atomic E-state index is 11.7. The number of ether oxygens (including phenoxy) is 2. The fourth-order valence-electron chi connectivity index (χ4n) is 2.03. The van der Waals surface area contributed by atoms with Crippen LogP contribution < -0.4 is 20.8 Å². The highest BCUT2D eigenvalue weighted by atomic mass is 16.5. The Morgan fingerprint density at radius 3 is 2.40 bits per heavy atom. The first-order valence-electron chi connectivity index (χ1n) is 6.32. The number of aromatic nitrogens is 1. The number of nitrogens with zero attached hydrogens (tertiary/aromatic N) is 1. The second-order valence-electron chi connectivity index (χ2n) is 4.31. The molecule has 5 heteroatoms. The Bertz CT molecular complexity index is 650. The van der Waals surface area contributed by atoms with Crippen molar-refractivity contribution in [3.05, 3.63) is 46.9 Å². The van der Waals surface area contributed by atoms with Gasteiger partial charge in [-0.15, -0.1) is 0 Å². The van der Waals surface area contributed by atoms with E-state index in [1.54, 1.807) is 37.1 Å². The monoisotopic (exact) mass is 274 g/mol. The molecule has 1 aromatic heterocycles. The topological polar surface area (TPSA) is 66.5 Å². The van der Waals surface area contributed by atoms with Crippen molar-refractivity contribution in [3.63, 3.8) is 0 Å². The summed E-state index contributed by atoms with van der Waals surface area (Å²) in [5, 5.41) is 0. The Morgan fingerprint density at radius 1 is 1.05 bits per heavy atom. The van der Waals surface area contributed by atoms with Crippen LogP contribution >= 0.6 is 0 Å². The van der Waals surface area contributed by atoms with Crippen LogP contribution in [0.5, 0.6) is 11.5 Å². The number of hydrogen-bond acceptors (Lipinski definition) is 4. The van der Waals surface area contributed by atoms with Crippen LogP contribution in [0.15, 0.2) is 41.3 Å². The molecule has 0 saturated heterocycles.